The fourth-order valence-corrected chi connectivity index (χ4v) is 4.37. The molecule has 0 spiro atoms. The van der Waals surface area contributed by atoms with Crippen LogP contribution in [0.5, 0.6) is 5.75 Å². The first-order chi connectivity index (χ1) is 16.9. The monoisotopic (exact) mass is 471 g/mol. The summed E-state index contributed by atoms with van der Waals surface area (Å²) in [6, 6.07) is 22.2. The lowest BCUT2D eigenvalue weighted by atomic mass is 9.94. The summed E-state index contributed by atoms with van der Waals surface area (Å²) < 4.78 is 20.9. The molecule has 0 fully saturated rings. The summed E-state index contributed by atoms with van der Waals surface area (Å²) in [5, 5.41) is 4.70. The molecular weight excluding hydrogens is 441 g/mol. The lowest BCUT2D eigenvalue weighted by Gasteiger charge is -2.18. The largest absolute Gasteiger partial charge is 0.496 e. The zero-order valence-electron chi connectivity index (χ0n) is 20.6. The Labute approximate surface area is 205 Å². The minimum Gasteiger partial charge on any atom is -0.496 e. The number of hydrogen-bond acceptors (Lipinski definition) is 4. The Morgan fingerprint density at radius 3 is 2.43 bits per heavy atom. The molecule has 4 rings (SSSR count). The first-order valence-corrected chi connectivity index (χ1v) is 11.6. The van der Waals surface area contributed by atoms with Crippen LogP contribution in [0.1, 0.15) is 22.4 Å². The van der Waals surface area contributed by atoms with Crippen LogP contribution in [0, 0.1) is 12.7 Å². The van der Waals surface area contributed by atoms with Crippen molar-refractivity contribution < 1.29 is 9.13 Å². The normalized spacial score (nSPS) is 10.9. The number of hydrogen-bond donors (Lipinski definition) is 0. The van der Waals surface area contributed by atoms with E-state index in [4.69, 9.17) is 9.84 Å². The van der Waals surface area contributed by atoms with Crippen LogP contribution < -0.4 is 15.2 Å². The lowest BCUT2D eigenvalue weighted by molar-refractivity contribution is 0.416. The average Bonchev–Trinajstić information content (AvgIpc) is 2.85. The van der Waals surface area contributed by atoms with Crippen molar-refractivity contribution in [3.05, 3.63) is 111 Å². The molecule has 0 aliphatic carbocycles. The third-order valence-corrected chi connectivity index (χ3v) is 6.12. The SMILES string of the molecule is COc1ccccc1-c1c(C)nn(Cc2cccc(N(C)C)c2)c(=O)c1CCc1cccc(F)c1. The molecule has 35 heavy (non-hydrogen) atoms. The van der Waals surface area contributed by atoms with Gasteiger partial charge in [0, 0.05) is 36.5 Å². The van der Waals surface area contributed by atoms with Gasteiger partial charge >= 0.3 is 0 Å². The van der Waals surface area contributed by atoms with E-state index in [1.165, 1.54) is 16.8 Å². The smallest absolute Gasteiger partial charge is 0.270 e. The van der Waals surface area contributed by atoms with Gasteiger partial charge in [0.25, 0.3) is 5.56 Å². The maximum absolute atomic E-state index is 13.8. The molecule has 0 saturated heterocycles. The van der Waals surface area contributed by atoms with Crippen LogP contribution in [-0.4, -0.2) is 31.0 Å². The van der Waals surface area contributed by atoms with E-state index in [0.717, 1.165) is 33.6 Å². The number of para-hydroxylation sites is 1. The summed E-state index contributed by atoms with van der Waals surface area (Å²) in [6.45, 7) is 2.28. The van der Waals surface area contributed by atoms with Gasteiger partial charge in [0.05, 0.1) is 19.3 Å². The van der Waals surface area contributed by atoms with Gasteiger partial charge in [-0.1, -0.05) is 42.5 Å². The molecule has 0 aliphatic rings. The minimum atomic E-state index is -0.281. The molecule has 1 heterocycles. The molecule has 0 aliphatic heterocycles. The van der Waals surface area contributed by atoms with Crippen molar-refractivity contribution in [3.8, 4) is 16.9 Å². The number of aromatic nitrogens is 2. The molecule has 0 radical (unpaired) electrons. The van der Waals surface area contributed by atoms with Crippen molar-refractivity contribution in [1.82, 2.24) is 9.78 Å². The highest BCUT2D eigenvalue weighted by molar-refractivity contribution is 5.75. The number of halogens is 1. The van der Waals surface area contributed by atoms with E-state index in [1.807, 2.05) is 74.4 Å². The van der Waals surface area contributed by atoms with Crippen LogP contribution in [0.2, 0.25) is 0 Å². The van der Waals surface area contributed by atoms with Gasteiger partial charge in [-0.05, 0) is 61.2 Å². The van der Waals surface area contributed by atoms with E-state index in [1.54, 1.807) is 13.2 Å². The maximum Gasteiger partial charge on any atom is 0.270 e. The van der Waals surface area contributed by atoms with E-state index >= 15 is 0 Å². The second-order valence-corrected chi connectivity index (χ2v) is 8.80. The number of anilines is 1. The summed E-state index contributed by atoms with van der Waals surface area (Å²) >= 11 is 0. The highest BCUT2D eigenvalue weighted by atomic mass is 19.1. The zero-order valence-corrected chi connectivity index (χ0v) is 20.6. The summed E-state index contributed by atoms with van der Waals surface area (Å²) in [5.74, 6) is 0.400. The van der Waals surface area contributed by atoms with Gasteiger partial charge in [0.2, 0.25) is 0 Å². The molecule has 5 nitrogen and oxygen atoms in total. The van der Waals surface area contributed by atoms with Crippen LogP contribution >= 0.6 is 0 Å². The topological polar surface area (TPSA) is 47.4 Å². The maximum atomic E-state index is 13.8. The molecule has 1 aromatic heterocycles. The Balaban J connectivity index is 1.81. The predicted octanol–water partition coefficient (Wildman–Crippen LogP) is 5.27. The van der Waals surface area contributed by atoms with Crippen LogP contribution in [0.25, 0.3) is 11.1 Å². The van der Waals surface area contributed by atoms with Gasteiger partial charge in [-0.25, -0.2) is 9.07 Å². The van der Waals surface area contributed by atoms with Gasteiger partial charge in [-0.2, -0.15) is 5.10 Å². The second-order valence-electron chi connectivity index (χ2n) is 8.80. The number of aryl methyl sites for hydroxylation is 2. The Morgan fingerprint density at radius 2 is 1.69 bits per heavy atom. The number of ether oxygens (including phenoxy) is 1. The molecule has 0 N–H and O–H groups in total. The quantitative estimate of drug-likeness (QED) is 0.351. The molecule has 0 atom stereocenters. The molecule has 6 heteroatoms. The van der Waals surface area contributed by atoms with Crippen molar-refractivity contribution in [2.45, 2.75) is 26.3 Å². The van der Waals surface area contributed by atoms with E-state index in [-0.39, 0.29) is 11.4 Å². The number of methoxy groups -OCH3 is 1. The molecular formula is C29H30FN3O2. The Morgan fingerprint density at radius 1 is 0.943 bits per heavy atom. The molecule has 0 amide bonds. The Hall–Kier alpha value is -3.93. The molecule has 4 aromatic rings. The first kappa shape index (κ1) is 24.2. The predicted molar refractivity (Wildman–Crippen MR) is 139 cm³/mol. The Bertz CT molecular complexity index is 1400. The fraction of sp³-hybridized carbons (Fsp3) is 0.241. The van der Waals surface area contributed by atoms with Crippen LogP contribution in [0.15, 0.2) is 77.6 Å². The summed E-state index contributed by atoms with van der Waals surface area (Å²) in [6.07, 6.45) is 0.992. The van der Waals surface area contributed by atoms with Gasteiger partial charge < -0.3 is 9.64 Å². The van der Waals surface area contributed by atoms with Crippen molar-refractivity contribution in [2.75, 3.05) is 26.1 Å². The summed E-state index contributed by atoms with van der Waals surface area (Å²) in [5.41, 5.74) is 5.74. The molecule has 0 saturated carbocycles. The van der Waals surface area contributed by atoms with Crippen LogP contribution in [-0.2, 0) is 19.4 Å². The zero-order chi connectivity index (χ0) is 24.9. The van der Waals surface area contributed by atoms with Crippen LogP contribution in [0.3, 0.4) is 0 Å². The first-order valence-electron chi connectivity index (χ1n) is 11.6. The second kappa shape index (κ2) is 10.6. The standard InChI is InChI=1S/C29H30FN3O2/c1-20-28(25-13-5-6-14-27(25)35-4)26(16-15-21-9-7-11-23(30)17-21)29(34)33(31-20)19-22-10-8-12-24(18-22)32(2)3/h5-14,17-18H,15-16,19H2,1-4H3. The number of nitrogens with zero attached hydrogens (tertiary/aromatic N) is 3. The highest BCUT2D eigenvalue weighted by Crippen LogP contribution is 2.33. The van der Waals surface area contributed by atoms with Gasteiger partial charge in [0.1, 0.15) is 11.6 Å². The number of benzene rings is 3. The molecule has 3 aromatic carbocycles. The van der Waals surface area contributed by atoms with Crippen LogP contribution in [0.4, 0.5) is 10.1 Å². The third kappa shape index (κ3) is 5.43. The summed E-state index contributed by atoms with van der Waals surface area (Å²) in [7, 11) is 5.59. The van der Waals surface area contributed by atoms with Crippen molar-refractivity contribution in [1.29, 1.82) is 0 Å². The van der Waals surface area contributed by atoms with Crippen molar-refractivity contribution in [3.63, 3.8) is 0 Å². The minimum absolute atomic E-state index is 0.150. The molecule has 180 valence electrons. The van der Waals surface area contributed by atoms with Crippen molar-refractivity contribution in [2.24, 2.45) is 0 Å². The van der Waals surface area contributed by atoms with Crippen molar-refractivity contribution >= 4 is 5.69 Å². The van der Waals surface area contributed by atoms with E-state index in [9.17, 15) is 9.18 Å². The Kier molecular flexibility index (Phi) is 7.30. The van der Waals surface area contributed by atoms with E-state index in [2.05, 4.69) is 6.07 Å². The van der Waals surface area contributed by atoms with Gasteiger partial charge in [-0.3, -0.25) is 4.79 Å². The van der Waals surface area contributed by atoms with Gasteiger partial charge in [-0.15, -0.1) is 0 Å². The number of rotatable bonds is 8. The molecule has 0 bridgehead atoms. The summed E-state index contributed by atoms with van der Waals surface area (Å²) in [4.78, 5) is 15.8. The fourth-order valence-electron chi connectivity index (χ4n) is 4.37. The van der Waals surface area contributed by atoms with Gasteiger partial charge in [0.15, 0.2) is 0 Å². The highest BCUT2D eigenvalue weighted by Gasteiger charge is 2.20. The lowest BCUT2D eigenvalue weighted by Crippen LogP contribution is -2.29. The average molecular weight is 472 g/mol. The van der Waals surface area contributed by atoms with E-state index in [0.29, 0.717) is 30.7 Å². The third-order valence-electron chi connectivity index (χ3n) is 6.12. The van der Waals surface area contributed by atoms with E-state index < -0.39 is 0 Å². The molecule has 0 unspecified atom stereocenters.